The third kappa shape index (κ3) is 1.89. The number of nitrogens with one attached hydrogen (secondary N) is 1. The molecule has 0 saturated carbocycles. The lowest BCUT2D eigenvalue weighted by Crippen LogP contribution is -2.20. The Labute approximate surface area is 136 Å². The molecule has 1 aromatic carbocycles. The Bertz CT molecular complexity index is 1100. The number of carbonyl (C=O) groups is 1. The second-order valence-corrected chi connectivity index (χ2v) is 5.87. The van der Waals surface area contributed by atoms with Crippen molar-refractivity contribution in [1.29, 1.82) is 0 Å². The molecule has 4 rings (SSSR count). The van der Waals surface area contributed by atoms with Gasteiger partial charge in [0.15, 0.2) is 5.56 Å². The van der Waals surface area contributed by atoms with Crippen LogP contribution in [0.5, 0.6) is 5.75 Å². The average molecular weight is 322 g/mol. The number of hydrogen-bond donors (Lipinski definition) is 3. The highest BCUT2D eigenvalue weighted by Crippen LogP contribution is 2.36. The maximum Gasteiger partial charge on any atom is 0.345 e. The van der Waals surface area contributed by atoms with Gasteiger partial charge >= 0.3 is 5.97 Å². The van der Waals surface area contributed by atoms with Gasteiger partial charge in [0.05, 0.1) is 5.69 Å². The van der Waals surface area contributed by atoms with Gasteiger partial charge in [-0.2, -0.15) is 0 Å². The summed E-state index contributed by atoms with van der Waals surface area (Å²) in [5.74, 6) is -1.91. The number of carboxylic acids is 1. The topological polar surface area (TPSA) is 95.3 Å². The number of aromatic amines is 1. The van der Waals surface area contributed by atoms with E-state index in [-0.39, 0.29) is 0 Å². The van der Waals surface area contributed by atoms with Gasteiger partial charge in [0, 0.05) is 35.3 Å². The van der Waals surface area contributed by atoms with Gasteiger partial charge < -0.3 is 19.8 Å². The van der Waals surface area contributed by atoms with E-state index in [2.05, 4.69) is 4.98 Å². The zero-order valence-corrected chi connectivity index (χ0v) is 12.8. The minimum Gasteiger partial charge on any atom is -0.506 e. The van der Waals surface area contributed by atoms with Crippen molar-refractivity contribution in [1.82, 2.24) is 9.55 Å². The van der Waals surface area contributed by atoms with Gasteiger partial charge in [0.1, 0.15) is 5.75 Å². The molecule has 0 bridgehead atoms. The van der Waals surface area contributed by atoms with Gasteiger partial charge in [-0.15, -0.1) is 0 Å². The second kappa shape index (κ2) is 4.86. The summed E-state index contributed by atoms with van der Waals surface area (Å²) in [7, 11) is 1.95. The molecule has 24 heavy (non-hydrogen) atoms. The van der Waals surface area contributed by atoms with Gasteiger partial charge in [0.2, 0.25) is 0 Å². The largest absolute Gasteiger partial charge is 0.506 e. The average Bonchev–Trinajstić information content (AvgIpc) is 2.78. The fourth-order valence-electron chi connectivity index (χ4n) is 3.25. The number of pyridine rings is 1. The highest BCUT2D eigenvalue weighted by atomic mass is 16.4. The molecule has 2 heterocycles. The fraction of sp³-hybridized carbons (Fsp3) is 0.111. The number of carboxylic acid groups (broad SMARTS) is 1. The lowest BCUT2D eigenvalue weighted by atomic mass is 9.98. The van der Waals surface area contributed by atoms with Crippen molar-refractivity contribution in [3.63, 3.8) is 0 Å². The lowest BCUT2D eigenvalue weighted by molar-refractivity contribution is 0.0691. The van der Waals surface area contributed by atoms with Gasteiger partial charge in [-0.1, -0.05) is 12.2 Å². The predicted octanol–water partition coefficient (Wildman–Crippen LogP) is 2.51. The quantitative estimate of drug-likeness (QED) is 0.641. The molecule has 6 nitrogen and oxygen atoms in total. The van der Waals surface area contributed by atoms with E-state index < -0.39 is 22.8 Å². The smallest absolute Gasteiger partial charge is 0.345 e. The van der Waals surface area contributed by atoms with Crippen LogP contribution in [0.3, 0.4) is 0 Å². The van der Waals surface area contributed by atoms with Crippen molar-refractivity contribution in [2.45, 2.75) is 6.42 Å². The second-order valence-electron chi connectivity index (χ2n) is 5.87. The van der Waals surface area contributed by atoms with Crippen molar-refractivity contribution in [3.8, 4) is 17.0 Å². The van der Waals surface area contributed by atoms with Crippen molar-refractivity contribution >= 4 is 22.9 Å². The van der Waals surface area contributed by atoms with Crippen LogP contribution in [0, 0.1) is 0 Å². The van der Waals surface area contributed by atoms with Crippen LogP contribution in [0.2, 0.25) is 0 Å². The summed E-state index contributed by atoms with van der Waals surface area (Å²) in [6.45, 7) is 0. The molecule has 0 atom stereocenters. The summed E-state index contributed by atoms with van der Waals surface area (Å²) >= 11 is 0. The number of fused-ring (bicyclic) bond motifs is 4. The first-order chi connectivity index (χ1) is 11.5. The van der Waals surface area contributed by atoms with Crippen molar-refractivity contribution in [2.24, 2.45) is 7.05 Å². The van der Waals surface area contributed by atoms with Crippen LogP contribution in [0.1, 0.15) is 21.5 Å². The minimum atomic E-state index is -1.44. The molecular formula is C18H14N2O4. The summed E-state index contributed by atoms with van der Waals surface area (Å²) in [5.41, 5.74) is 2.18. The lowest BCUT2D eigenvalue weighted by Gasteiger charge is -2.12. The van der Waals surface area contributed by atoms with Crippen LogP contribution in [0.25, 0.3) is 28.2 Å². The first kappa shape index (κ1) is 14.3. The SMILES string of the molecule is Cn1ccc2cc3c(cc21)C=CCc1c-3[nH]c(=O)c(C(=O)O)c1O. The molecular weight excluding hydrogens is 308 g/mol. The normalized spacial score (nSPS) is 12.7. The predicted molar refractivity (Wildman–Crippen MR) is 90.3 cm³/mol. The molecule has 0 spiro atoms. The first-order valence-electron chi connectivity index (χ1n) is 7.45. The molecule has 0 fully saturated rings. The van der Waals surface area contributed by atoms with Crippen molar-refractivity contribution < 1.29 is 15.0 Å². The summed E-state index contributed by atoms with van der Waals surface area (Å²) in [6, 6.07) is 5.92. The van der Waals surface area contributed by atoms with Crippen LogP contribution in [-0.4, -0.2) is 25.7 Å². The molecule has 2 aromatic heterocycles. The Morgan fingerprint density at radius 3 is 2.88 bits per heavy atom. The van der Waals surface area contributed by atoms with E-state index in [0.29, 0.717) is 17.7 Å². The molecule has 1 aliphatic carbocycles. The van der Waals surface area contributed by atoms with Crippen molar-refractivity contribution in [3.05, 3.63) is 57.5 Å². The van der Waals surface area contributed by atoms with E-state index in [4.69, 9.17) is 5.11 Å². The van der Waals surface area contributed by atoms with Crippen LogP contribution < -0.4 is 5.56 Å². The number of hydrogen-bond acceptors (Lipinski definition) is 3. The number of aromatic carboxylic acids is 1. The molecule has 0 radical (unpaired) electrons. The molecule has 0 saturated heterocycles. The number of nitrogens with zero attached hydrogens (tertiary/aromatic N) is 1. The Kier molecular flexibility index (Phi) is 2.90. The summed E-state index contributed by atoms with van der Waals surface area (Å²) in [6.07, 6.45) is 6.05. The van der Waals surface area contributed by atoms with E-state index in [0.717, 1.165) is 22.0 Å². The zero-order chi connectivity index (χ0) is 17.0. The maximum absolute atomic E-state index is 12.1. The number of aromatic nitrogens is 2. The minimum absolute atomic E-state index is 0.337. The third-order valence-electron chi connectivity index (χ3n) is 4.45. The number of H-pyrrole nitrogens is 1. The van der Waals surface area contributed by atoms with Crippen LogP contribution in [0.15, 0.2) is 35.3 Å². The number of aromatic hydroxyl groups is 1. The third-order valence-corrected chi connectivity index (χ3v) is 4.45. The Balaban J connectivity index is 2.10. The van der Waals surface area contributed by atoms with E-state index in [1.165, 1.54) is 0 Å². The molecule has 1 aliphatic rings. The number of rotatable bonds is 1. The highest BCUT2D eigenvalue weighted by Gasteiger charge is 2.24. The van der Waals surface area contributed by atoms with E-state index >= 15 is 0 Å². The Hall–Kier alpha value is -3.28. The molecule has 0 unspecified atom stereocenters. The van der Waals surface area contributed by atoms with Crippen LogP contribution >= 0.6 is 0 Å². The zero-order valence-electron chi connectivity index (χ0n) is 12.8. The maximum atomic E-state index is 12.1. The highest BCUT2D eigenvalue weighted by molar-refractivity contribution is 5.95. The van der Waals surface area contributed by atoms with Gasteiger partial charge in [0.25, 0.3) is 5.56 Å². The van der Waals surface area contributed by atoms with Gasteiger partial charge in [-0.3, -0.25) is 4.79 Å². The molecule has 3 aromatic rings. The van der Waals surface area contributed by atoms with Crippen LogP contribution in [-0.2, 0) is 13.5 Å². The molecule has 3 N–H and O–H groups in total. The summed E-state index contributed by atoms with van der Waals surface area (Å²) in [5, 5.41) is 20.5. The number of aryl methyl sites for hydroxylation is 1. The fourth-order valence-corrected chi connectivity index (χ4v) is 3.25. The van der Waals surface area contributed by atoms with E-state index in [1.807, 2.05) is 48.2 Å². The summed E-state index contributed by atoms with van der Waals surface area (Å²) in [4.78, 5) is 26.0. The Morgan fingerprint density at radius 2 is 2.12 bits per heavy atom. The number of allylic oxidation sites excluding steroid dienone is 1. The van der Waals surface area contributed by atoms with Gasteiger partial charge in [-0.05, 0) is 30.2 Å². The number of benzene rings is 1. The summed E-state index contributed by atoms with van der Waals surface area (Å²) < 4.78 is 2.00. The van der Waals surface area contributed by atoms with Crippen molar-refractivity contribution in [2.75, 3.05) is 0 Å². The standard InChI is InChI=1S/C18H14N2O4/c1-20-6-5-10-7-12-9(8-13(10)20)3-2-4-11-15(12)19-17(22)14(16(11)21)18(23)24/h2-3,5-8H,4H2,1H3,(H,23,24)(H2,19,21,22). The molecule has 0 aliphatic heterocycles. The molecule has 120 valence electrons. The van der Waals surface area contributed by atoms with E-state index in [1.54, 1.807) is 0 Å². The molecule has 6 heteroatoms. The monoisotopic (exact) mass is 322 g/mol. The molecule has 0 amide bonds. The van der Waals surface area contributed by atoms with E-state index in [9.17, 15) is 14.7 Å². The Morgan fingerprint density at radius 1 is 1.33 bits per heavy atom. The van der Waals surface area contributed by atoms with Crippen LogP contribution in [0.4, 0.5) is 0 Å². The first-order valence-corrected chi connectivity index (χ1v) is 7.45. The van der Waals surface area contributed by atoms with Gasteiger partial charge in [-0.25, -0.2) is 4.79 Å².